The summed E-state index contributed by atoms with van der Waals surface area (Å²) in [5.41, 5.74) is 0. The second-order valence-electron chi connectivity index (χ2n) is 3.39. The van der Waals surface area contributed by atoms with E-state index in [1.54, 1.807) is 4.90 Å². The third-order valence-electron chi connectivity index (χ3n) is 2.48. The Kier molecular flexibility index (Phi) is 3.73. The molecule has 0 bridgehead atoms. The number of hydrogen-bond donors (Lipinski definition) is 1. The van der Waals surface area contributed by atoms with Gasteiger partial charge in [0.15, 0.2) is 0 Å². The van der Waals surface area contributed by atoms with Gasteiger partial charge >= 0.3 is 12.1 Å². The number of methoxy groups -OCH3 is 1. The largest absolute Gasteiger partial charge is 0.481 e. The predicted octanol–water partition coefficient (Wildman–Crippen LogP) is 1.08. The lowest BCUT2D eigenvalue weighted by atomic mass is 10.1. The van der Waals surface area contributed by atoms with Gasteiger partial charge in [-0.2, -0.15) is 0 Å². The maximum atomic E-state index is 11.2. The van der Waals surface area contributed by atoms with Crippen molar-refractivity contribution in [3.8, 4) is 0 Å². The van der Waals surface area contributed by atoms with E-state index in [0.29, 0.717) is 13.0 Å². The molecule has 1 amide bonds. The molecule has 0 spiro atoms. The first-order valence-corrected chi connectivity index (χ1v) is 4.71. The van der Waals surface area contributed by atoms with Crippen molar-refractivity contribution in [2.45, 2.75) is 31.7 Å². The number of likely N-dealkylation sites (tertiary alicyclic amines) is 1. The van der Waals surface area contributed by atoms with Crippen LogP contribution >= 0.6 is 0 Å². The Morgan fingerprint density at radius 2 is 2.29 bits per heavy atom. The van der Waals surface area contributed by atoms with Crippen molar-refractivity contribution in [2.75, 3.05) is 13.7 Å². The van der Waals surface area contributed by atoms with Crippen LogP contribution in [-0.2, 0) is 9.53 Å². The van der Waals surface area contributed by atoms with Crippen molar-refractivity contribution in [1.82, 2.24) is 4.90 Å². The second-order valence-corrected chi connectivity index (χ2v) is 3.39. The smallest absolute Gasteiger partial charge is 0.409 e. The van der Waals surface area contributed by atoms with E-state index in [2.05, 4.69) is 4.74 Å². The number of ether oxygens (including phenoxy) is 1. The van der Waals surface area contributed by atoms with E-state index in [1.807, 2.05) is 0 Å². The lowest BCUT2D eigenvalue weighted by Gasteiger charge is -2.22. The minimum atomic E-state index is -0.818. The van der Waals surface area contributed by atoms with Gasteiger partial charge in [-0.3, -0.25) is 4.79 Å². The summed E-state index contributed by atoms with van der Waals surface area (Å²) in [6, 6.07) is 0.0403. The monoisotopic (exact) mass is 201 g/mol. The first-order chi connectivity index (χ1) is 6.65. The van der Waals surface area contributed by atoms with Gasteiger partial charge in [-0.15, -0.1) is 0 Å². The van der Waals surface area contributed by atoms with Crippen LogP contribution in [0.4, 0.5) is 4.79 Å². The van der Waals surface area contributed by atoms with Crippen LogP contribution in [0, 0.1) is 0 Å². The summed E-state index contributed by atoms with van der Waals surface area (Å²) >= 11 is 0. The van der Waals surface area contributed by atoms with Crippen molar-refractivity contribution in [3.63, 3.8) is 0 Å². The maximum Gasteiger partial charge on any atom is 0.409 e. The third kappa shape index (κ3) is 2.61. The summed E-state index contributed by atoms with van der Waals surface area (Å²) < 4.78 is 4.61. The van der Waals surface area contributed by atoms with Crippen LogP contribution in [0.15, 0.2) is 0 Å². The first-order valence-electron chi connectivity index (χ1n) is 4.71. The summed E-state index contributed by atoms with van der Waals surface area (Å²) in [6.07, 6.45) is 2.09. The molecule has 5 heteroatoms. The third-order valence-corrected chi connectivity index (χ3v) is 2.48. The Hall–Kier alpha value is -1.26. The predicted molar refractivity (Wildman–Crippen MR) is 49.0 cm³/mol. The van der Waals surface area contributed by atoms with Gasteiger partial charge in [0.25, 0.3) is 0 Å². The van der Waals surface area contributed by atoms with Gasteiger partial charge in [0.05, 0.1) is 7.11 Å². The van der Waals surface area contributed by atoms with Crippen LogP contribution in [0.2, 0.25) is 0 Å². The van der Waals surface area contributed by atoms with Gasteiger partial charge in [0.1, 0.15) is 0 Å². The molecule has 1 heterocycles. The highest BCUT2D eigenvalue weighted by Crippen LogP contribution is 2.21. The molecule has 1 saturated heterocycles. The molecule has 1 aliphatic rings. The summed E-state index contributed by atoms with van der Waals surface area (Å²) in [6.45, 7) is 0.678. The number of carbonyl (C=O) groups is 2. The molecule has 1 aliphatic heterocycles. The molecule has 5 nitrogen and oxygen atoms in total. The molecule has 0 aromatic heterocycles. The van der Waals surface area contributed by atoms with Crippen LogP contribution in [0.25, 0.3) is 0 Å². The molecule has 80 valence electrons. The molecule has 0 aromatic rings. The van der Waals surface area contributed by atoms with Crippen molar-refractivity contribution in [2.24, 2.45) is 0 Å². The Morgan fingerprint density at radius 1 is 1.57 bits per heavy atom. The molecular weight excluding hydrogens is 186 g/mol. The fourth-order valence-corrected chi connectivity index (χ4v) is 1.78. The number of carboxylic acid groups (broad SMARTS) is 1. The Labute approximate surface area is 82.6 Å². The topological polar surface area (TPSA) is 66.8 Å². The van der Waals surface area contributed by atoms with Crippen molar-refractivity contribution in [1.29, 1.82) is 0 Å². The van der Waals surface area contributed by atoms with E-state index < -0.39 is 5.97 Å². The molecule has 1 rings (SSSR count). The zero-order chi connectivity index (χ0) is 10.6. The minimum absolute atomic E-state index is 0.0403. The molecule has 1 unspecified atom stereocenters. The summed E-state index contributed by atoms with van der Waals surface area (Å²) in [4.78, 5) is 23.2. The lowest BCUT2D eigenvalue weighted by Crippen LogP contribution is -2.35. The highest BCUT2D eigenvalue weighted by atomic mass is 16.5. The van der Waals surface area contributed by atoms with Gasteiger partial charge in [-0.05, 0) is 19.3 Å². The standard InChI is InChI=1S/C9H15NO4/c1-14-9(13)10-6-2-3-7(10)4-5-8(11)12/h7H,2-6H2,1H3,(H,11,12). The summed E-state index contributed by atoms with van der Waals surface area (Å²) in [5, 5.41) is 8.52. The van der Waals surface area contributed by atoms with E-state index in [4.69, 9.17) is 5.11 Å². The number of carboxylic acids is 1. The van der Waals surface area contributed by atoms with Crippen LogP contribution in [0.1, 0.15) is 25.7 Å². The molecule has 1 atom stereocenters. The Balaban J connectivity index is 2.42. The molecule has 0 aromatic carbocycles. The number of rotatable bonds is 3. The molecule has 0 saturated carbocycles. The van der Waals surface area contributed by atoms with E-state index in [1.165, 1.54) is 7.11 Å². The highest BCUT2D eigenvalue weighted by Gasteiger charge is 2.29. The number of amides is 1. The molecule has 0 aliphatic carbocycles. The SMILES string of the molecule is COC(=O)N1CCCC1CCC(=O)O. The van der Waals surface area contributed by atoms with E-state index >= 15 is 0 Å². The van der Waals surface area contributed by atoms with Crippen molar-refractivity contribution < 1.29 is 19.4 Å². The molecule has 1 N–H and O–H groups in total. The van der Waals surface area contributed by atoms with Crippen LogP contribution in [-0.4, -0.2) is 41.8 Å². The first kappa shape index (κ1) is 10.8. The van der Waals surface area contributed by atoms with Crippen LogP contribution < -0.4 is 0 Å². The Bertz CT molecular complexity index is 229. The number of hydrogen-bond acceptors (Lipinski definition) is 3. The van der Waals surface area contributed by atoms with Gasteiger partial charge in [-0.1, -0.05) is 0 Å². The number of aliphatic carboxylic acids is 1. The number of carbonyl (C=O) groups excluding carboxylic acids is 1. The fourth-order valence-electron chi connectivity index (χ4n) is 1.78. The van der Waals surface area contributed by atoms with Gasteiger partial charge in [0, 0.05) is 19.0 Å². The minimum Gasteiger partial charge on any atom is -0.481 e. The molecule has 0 radical (unpaired) electrons. The van der Waals surface area contributed by atoms with E-state index in [0.717, 1.165) is 12.8 Å². The van der Waals surface area contributed by atoms with Gasteiger partial charge in [0.2, 0.25) is 0 Å². The van der Waals surface area contributed by atoms with Crippen molar-refractivity contribution >= 4 is 12.1 Å². The van der Waals surface area contributed by atoms with Crippen LogP contribution in [0.5, 0.6) is 0 Å². The second kappa shape index (κ2) is 4.83. The zero-order valence-electron chi connectivity index (χ0n) is 8.23. The van der Waals surface area contributed by atoms with Gasteiger partial charge in [-0.25, -0.2) is 4.79 Å². The maximum absolute atomic E-state index is 11.2. The highest BCUT2D eigenvalue weighted by molar-refractivity contribution is 5.69. The summed E-state index contributed by atoms with van der Waals surface area (Å²) in [7, 11) is 1.34. The normalized spacial score (nSPS) is 20.9. The van der Waals surface area contributed by atoms with E-state index in [9.17, 15) is 9.59 Å². The average molecular weight is 201 g/mol. The van der Waals surface area contributed by atoms with Gasteiger partial charge < -0.3 is 14.7 Å². The average Bonchev–Trinajstić information content (AvgIpc) is 2.61. The lowest BCUT2D eigenvalue weighted by molar-refractivity contribution is -0.137. The van der Waals surface area contributed by atoms with Crippen LogP contribution in [0.3, 0.4) is 0 Å². The number of nitrogens with zero attached hydrogens (tertiary/aromatic N) is 1. The van der Waals surface area contributed by atoms with Crippen molar-refractivity contribution in [3.05, 3.63) is 0 Å². The summed E-state index contributed by atoms with van der Waals surface area (Å²) in [5.74, 6) is -0.818. The molecule has 1 fully saturated rings. The molecular formula is C9H15NO4. The zero-order valence-corrected chi connectivity index (χ0v) is 8.23. The quantitative estimate of drug-likeness (QED) is 0.742. The fraction of sp³-hybridized carbons (Fsp3) is 0.778. The molecule has 14 heavy (non-hydrogen) atoms. The van der Waals surface area contributed by atoms with E-state index in [-0.39, 0.29) is 18.6 Å². The Morgan fingerprint density at radius 3 is 2.86 bits per heavy atom.